The lowest BCUT2D eigenvalue weighted by Crippen LogP contribution is -2.31. The molecule has 1 unspecified atom stereocenters. The molecule has 0 radical (unpaired) electrons. The first-order valence-electron chi connectivity index (χ1n) is 5.51. The molecule has 17 heavy (non-hydrogen) atoms. The van der Waals surface area contributed by atoms with E-state index in [0.29, 0.717) is 17.1 Å². The third-order valence-corrected chi connectivity index (χ3v) is 3.93. The number of nitrogens with one attached hydrogen (secondary N) is 1. The van der Waals surface area contributed by atoms with Crippen molar-refractivity contribution in [1.29, 1.82) is 0 Å². The summed E-state index contributed by atoms with van der Waals surface area (Å²) in [6, 6.07) is 5.15. The molecule has 1 aliphatic rings. The Kier molecular flexibility index (Phi) is 4.42. The van der Waals surface area contributed by atoms with Gasteiger partial charge in [-0.05, 0) is 47.0 Å². The number of amides is 1. The van der Waals surface area contributed by atoms with Crippen molar-refractivity contribution < 1.29 is 9.53 Å². The highest BCUT2D eigenvalue weighted by Gasteiger charge is 2.16. The minimum absolute atomic E-state index is 0.116. The fraction of sp³-hybridized carbons (Fsp3) is 0.417. The maximum atomic E-state index is 11.8. The van der Waals surface area contributed by atoms with Crippen LogP contribution in [0.3, 0.4) is 0 Å². The van der Waals surface area contributed by atoms with Gasteiger partial charge in [0.1, 0.15) is 0 Å². The molecule has 1 heterocycles. The average Bonchev–Trinajstić information content (AvgIpc) is 2.82. The summed E-state index contributed by atoms with van der Waals surface area (Å²) in [4.78, 5) is 11.8. The molecule has 0 spiro atoms. The van der Waals surface area contributed by atoms with Crippen LogP contribution in [0.5, 0.6) is 0 Å². The summed E-state index contributed by atoms with van der Waals surface area (Å²) in [7, 11) is 0. The van der Waals surface area contributed by atoms with E-state index in [2.05, 4.69) is 21.2 Å². The highest BCUT2D eigenvalue weighted by Crippen LogP contribution is 2.23. The lowest BCUT2D eigenvalue weighted by atomic mass is 10.2. The largest absolute Gasteiger partial charge is 0.376 e. The molecule has 1 N–H and O–H groups in total. The zero-order valence-corrected chi connectivity index (χ0v) is 11.6. The van der Waals surface area contributed by atoms with Crippen LogP contribution in [-0.4, -0.2) is 25.2 Å². The Morgan fingerprint density at radius 3 is 3.06 bits per heavy atom. The molecule has 92 valence electrons. The van der Waals surface area contributed by atoms with E-state index in [9.17, 15) is 4.79 Å². The first kappa shape index (κ1) is 12.9. The lowest BCUT2D eigenvalue weighted by molar-refractivity contribution is 0.0858. The SMILES string of the molecule is O=C(NCC1CCCO1)c1ccc(Br)c(Cl)c1. The van der Waals surface area contributed by atoms with Crippen LogP contribution in [0.2, 0.25) is 5.02 Å². The molecular formula is C12H13BrClNO2. The molecule has 1 aliphatic heterocycles. The maximum Gasteiger partial charge on any atom is 0.251 e. The van der Waals surface area contributed by atoms with E-state index in [4.69, 9.17) is 16.3 Å². The molecule has 0 aliphatic carbocycles. The molecule has 1 saturated heterocycles. The Hall–Kier alpha value is -0.580. The molecular weight excluding hydrogens is 305 g/mol. The van der Waals surface area contributed by atoms with Gasteiger partial charge < -0.3 is 10.1 Å². The van der Waals surface area contributed by atoms with Gasteiger partial charge in [0.2, 0.25) is 0 Å². The van der Waals surface area contributed by atoms with Crippen molar-refractivity contribution in [3.63, 3.8) is 0 Å². The number of ether oxygens (including phenoxy) is 1. The van der Waals surface area contributed by atoms with E-state index in [1.165, 1.54) is 0 Å². The third kappa shape index (κ3) is 3.44. The summed E-state index contributed by atoms with van der Waals surface area (Å²) >= 11 is 9.22. The van der Waals surface area contributed by atoms with Gasteiger partial charge in [-0.3, -0.25) is 4.79 Å². The molecule has 5 heteroatoms. The van der Waals surface area contributed by atoms with Gasteiger partial charge in [-0.15, -0.1) is 0 Å². The van der Waals surface area contributed by atoms with Gasteiger partial charge in [0.05, 0.1) is 11.1 Å². The van der Waals surface area contributed by atoms with Crippen molar-refractivity contribution in [2.24, 2.45) is 0 Å². The molecule has 2 rings (SSSR count). The second-order valence-electron chi connectivity index (χ2n) is 3.97. The molecule has 0 aromatic heterocycles. The highest BCUT2D eigenvalue weighted by atomic mass is 79.9. The number of halogens is 2. The van der Waals surface area contributed by atoms with E-state index in [-0.39, 0.29) is 12.0 Å². The summed E-state index contributed by atoms with van der Waals surface area (Å²) in [6.45, 7) is 1.36. The summed E-state index contributed by atoms with van der Waals surface area (Å²) in [6.07, 6.45) is 2.25. The summed E-state index contributed by atoms with van der Waals surface area (Å²) in [5, 5.41) is 3.39. The van der Waals surface area contributed by atoms with Gasteiger partial charge in [-0.25, -0.2) is 0 Å². The van der Waals surface area contributed by atoms with Crippen LogP contribution in [0.4, 0.5) is 0 Å². The Labute approximate surface area is 114 Å². The number of hydrogen-bond donors (Lipinski definition) is 1. The van der Waals surface area contributed by atoms with E-state index in [1.54, 1.807) is 18.2 Å². The predicted octanol–water partition coefficient (Wildman–Crippen LogP) is 3.01. The van der Waals surface area contributed by atoms with Crippen LogP contribution in [0.25, 0.3) is 0 Å². The topological polar surface area (TPSA) is 38.3 Å². The van der Waals surface area contributed by atoms with Gasteiger partial charge in [0, 0.05) is 23.2 Å². The van der Waals surface area contributed by atoms with Crippen LogP contribution < -0.4 is 5.32 Å². The maximum absolute atomic E-state index is 11.8. The van der Waals surface area contributed by atoms with Gasteiger partial charge in [-0.2, -0.15) is 0 Å². The number of hydrogen-bond acceptors (Lipinski definition) is 2. The van der Waals surface area contributed by atoms with Crippen molar-refractivity contribution in [3.8, 4) is 0 Å². The number of carbonyl (C=O) groups excluding carboxylic acids is 1. The van der Waals surface area contributed by atoms with Crippen molar-refractivity contribution in [2.75, 3.05) is 13.2 Å². The van der Waals surface area contributed by atoms with E-state index in [0.717, 1.165) is 23.9 Å². The van der Waals surface area contributed by atoms with Crippen LogP contribution in [0, 0.1) is 0 Å². The molecule has 1 atom stereocenters. The normalized spacial score (nSPS) is 19.3. The Morgan fingerprint density at radius 1 is 1.59 bits per heavy atom. The van der Waals surface area contributed by atoms with Crippen molar-refractivity contribution >= 4 is 33.4 Å². The summed E-state index contributed by atoms with van der Waals surface area (Å²) < 4.78 is 6.22. The predicted molar refractivity (Wildman–Crippen MR) is 70.5 cm³/mol. The summed E-state index contributed by atoms with van der Waals surface area (Å²) in [5.74, 6) is -0.116. The monoisotopic (exact) mass is 317 g/mol. The highest BCUT2D eigenvalue weighted by molar-refractivity contribution is 9.10. The standard InChI is InChI=1S/C12H13BrClNO2/c13-10-4-3-8(6-11(10)14)12(16)15-7-9-2-1-5-17-9/h3-4,6,9H,1-2,5,7H2,(H,15,16). The zero-order chi connectivity index (χ0) is 12.3. The first-order valence-corrected chi connectivity index (χ1v) is 6.69. The van der Waals surface area contributed by atoms with Gasteiger partial charge >= 0.3 is 0 Å². The average molecular weight is 319 g/mol. The molecule has 1 aromatic rings. The minimum Gasteiger partial charge on any atom is -0.376 e. The number of benzene rings is 1. The fourth-order valence-electron chi connectivity index (χ4n) is 1.75. The Bertz CT molecular complexity index is 419. The van der Waals surface area contributed by atoms with Gasteiger partial charge in [0.25, 0.3) is 5.91 Å². The lowest BCUT2D eigenvalue weighted by Gasteiger charge is -2.11. The van der Waals surface area contributed by atoms with Crippen LogP contribution in [0.15, 0.2) is 22.7 Å². The van der Waals surface area contributed by atoms with Gasteiger partial charge in [0.15, 0.2) is 0 Å². The Morgan fingerprint density at radius 2 is 2.41 bits per heavy atom. The van der Waals surface area contributed by atoms with Crippen molar-refractivity contribution in [2.45, 2.75) is 18.9 Å². The molecule has 1 aromatic carbocycles. The van der Waals surface area contributed by atoms with Crippen LogP contribution in [0.1, 0.15) is 23.2 Å². The Balaban J connectivity index is 1.92. The quantitative estimate of drug-likeness (QED) is 0.930. The zero-order valence-electron chi connectivity index (χ0n) is 9.21. The summed E-state index contributed by atoms with van der Waals surface area (Å²) in [5.41, 5.74) is 0.566. The van der Waals surface area contributed by atoms with Crippen LogP contribution in [-0.2, 0) is 4.74 Å². The minimum atomic E-state index is -0.116. The molecule has 0 saturated carbocycles. The van der Waals surface area contributed by atoms with E-state index in [1.807, 2.05) is 0 Å². The number of rotatable bonds is 3. The van der Waals surface area contributed by atoms with Crippen LogP contribution >= 0.6 is 27.5 Å². The molecule has 1 amide bonds. The molecule has 0 bridgehead atoms. The fourth-order valence-corrected chi connectivity index (χ4v) is 2.18. The van der Waals surface area contributed by atoms with Crippen molar-refractivity contribution in [3.05, 3.63) is 33.3 Å². The van der Waals surface area contributed by atoms with Crippen molar-refractivity contribution in [1.82, 2.24) is 5.32 Å². The van der Waals surface area contributed by atoms with Gasteiger partial charge in [-0.1, -0.05) is 11.6 Å². The van der Waals surface area contributed by atoms with E-state index < -0.39 is 0 Å². The first-order chi connectivity index (χ1) is 8.16. The second kappa shape index (κ2) is 5.85. The molecule has 3 nitrogen and oxygen atoms in total. The second-order valence-corrected chi connectivity index (χ2v) is 5.24. The molecule has 1 fully saturated rings. The smallest absolute Gasteiger partial charge is 0.251 e. The number of carbonyl (C=O) groups is 1. The third-order valence-electron chi connectivity index (χ3n) is 2.70. The van der Waals surface area contributed by atoms with E-state index >= 15 is 0 Å².